The lowest BCUT2D eigenvalue weighted by molar-refractivity contribution is -0.141. The number of nitrogens with zero attached hydrogens (tertiary/aromatic N) is 1. The fraction of sp³-hybridized carbons (Fsp3) is 0.833. The minimum atomic E-state index is -0.310. The molecule has 1 aliphatic heterocycles. The number of carbonyl (C=O) groups excluding carboxylic acids is 2. The molecule has 1 saturated heterocycles. The Morgan fingerprint density at radius 1 is 1.47 bits per heavy atom. The number of hydrogen-bond donors (Lipinski definition) is 2. The lowest BCUT2D eigenvalue weighted by Crippen LogP contribution is -2.49. The first-order valence-electron chi connectivity index (χ1n) is 6.16. The van der Waals surface area contributed by atoms with E-state index in [9.17, 15) is 9.59 Å². The van der Waals surface area contributed by atoms with Crippen LogP contribution < -0.4 is 10.6 Å². The van der Waals surface area contributed by atoms with Crippen molar-refractivity contribution in [3.05, 3.63) is 0 Å². The minimum Gasteiger partial charge on any atom is -0.359 e. The highest BCUT2D eigenvalue weighted by Crippen LogP contribution is 2.27. The molecule has 5 nitrogen and oxygen atoms in total. The van der Waals surface area contributed by atoms with E-state index in [1.54, 1.807) is 19.0 Å². The van der Waals surface area contributed by atoms with Gasteiger partial charge in [0.2, 0.25) is 11.8 Å². The van der Waals surface area contributed by atoms with E-state index in [0.717, 1.165) is 25.9 Å². The molecule has 17 heavy (non-hydrogen) atoms. The van der Waals surface area contributed by atoms with E-state index in [0.29, 0.717) is 13.0 Å². The van der Waals surface area contributed by atoms with Gasteiger partial charge in [-0.25, -0.2) is 0 Å². The zero-order chi connectivity index (χ0) is 12.9. The van der Waals surface area contributed by atoms with E-state index in [-0.39, 0.29) is 17.2 Å². The summed E-state index contributed by atoms with van der Waals surface area (Å²) in [5.41, 5.74) is -0.310. The van der Waals surface area contributed by atoms with Gasteiger partial charge in [-0.15, -0.1) is 0 Å². The van der Waals surface area contributed by atoms with Crippen LogP contribution >= 0.6 is 0 Å². The number of rotatable bonds is 4. The number of amides is 2. The summed E-state index contributed by atoms with van der Waals surface area (Å²) in [7, 11) is 3.38. The van der Waals surface area contributed by atoms with E-state index in [1.165, 1.54) is 0 Å². The molecule has 0 aromatic heterocycles. The van der Waals surface area contributed by atoms with Crippen molar-refractivity contribution in [3.8, 4) is 0 Å². The van der Waals surface area contributed by atoms with Crippen molar-refractivity contribution < 1.29 is 9.59 Å². The van der Waals surface area contributed by atoms with Crippen LogP contribution in [-0.4, -0.2) is 50.4 Å². The van der Waals surface area contributed by atoms with Gasteiger partial charge in [0.05, 0.1) is 5.41 Å². The highest BCUT2D eigenvalue weighted by atomic mass is 16.2. The van der Waals surface area contributed by atoms with Crippen LogP contribution in [0.15, 0.2) is 0 Å². The molecule has 98 valence electrons. The fourth-order valence-corrected chi connectivity index (χ4v) is 2.20. The highest BCUT2D eigenvalue weighted by Gasteiger charge is 2.36. The topological polar surface area (TPSA) is 61.4 Å². The molecule has 1 heterocycles. The van der Waals surface area contributed by atoms with E-state index in [1.807, 2.05) is 6.92 Å². The van der Waals surface area contributed by atoms with Gasteiger partial charge in [-0.2, -0.15) is 0 Å². The maximum Gasteiger partial charge on any atom is 0.229 e. The third-order valence-electron chi connectivity index (χ3n) is 3.41. The van der Waals surface area contributed by atoms with Gasteiger partial charge in [0.15, 0.2) is 0 Å². The molecule has 5 heteroatoms. The Morgan fingerprint density at radius 3 is 2.71 bits per heavy atom. The summed E-state index contributed by atoms with van der Waals surface area (Å²) in [5.74, 6) is 0.102. The Kier molecular flexibility index (Phi) is 4.93. The second kappa shape index (κ2) is 6.00. The van der Waals surface area contributed by atoms with Crippen molar-refractivity contribution in [2.75, 3.05) is 33.7 Å². The molecule has 0 aromatic rings. The molecule has 0 aromatic carbocycles. The van der Waals surface area contributed by atoms with Crippen LogP contribution in [0.25, 0.3) is 0 Å². The molecule has 2 N–H and O–H groups in total. The maximum absolute atomic E-state index is 12.3. The summed E-state index contributed by atoms with van der Waals surface area (Å²) in [6.45, 7) is 4.20. The fourth-order valence-electron chi connectivity index (χ4n) is 2.20. The Labute approximate surface area is 103 Å². The standard InChI is InChI=1S/C12H23N3O2/c1-12(6-4-7-14-9-12)11(17)15(3)8-5-10(16)13-2/h14H,4-9H2,1-3H3,(H,13,16). The molecule has 1 rings (SSSR count). The predicted octanol–water partition coefficient (Wildman–Crippen LogP) is -0.0294. The van der Waals surface area contributed by atoms with Gasteiger partial charge in [0.25, 0.3) is 0 Å². The number of nitrogens with one attached hydrogen (secondary N) is 2. The molecule has 1 aliphatic rings. The third kappa shape index (κ3) is 3.70. The van der Waals surface area contributed by atoms with Gasteiger partial charge in [-0.05, 0) is 26.3 Å². The van der Waals surface area contributed by atoms with Gasteiger partial charge in [0.1, 0.15) is 0 Å². The lowest BCUT2D eigenvalue weighted by Gasteiger charge is -2.36. The third-order valence-corrected chi connectivity index (χ3v) is 3.41. The van der Waals surface area contributed by atoms with Crippen molar-refractivity contribution in [2.45, 2.75) is 26.2 Å². The Hall–Kier alpha value is -1.10. The van der Waals surface area contributed by atoms with Crippen molar-refractivity contribution in [2.24, 2.45) is 5.41 Å². The quantitative estimate of drug-likeness (QED) is 0.726. The molecule has 0 saturated carbocycles. The molecule has 0 bridgehead atoms. The Balaban J connectivity index is 2.47. The molecule has 1 unspecified atom stereocenters. The molecule has 0 spiro atoms. The number of carbonyl (C=O) groups is 2. The molecule has 1 atom stereocenters. The molecule has 2 amide bonds. The summed E-state index contributed by atoms with van der Waals surface area (Å²) in [4.78, 5) is 25.1. The van der Waals surface area contributed by atoms with Crippen LogP contribution in [0.2, 0.25) is 0 Å². The zero-order valence-electron chi connectivity index (χ0n) is 11.0. The van der Waals surface area contributed by atoms with Crippen LogP contribution in [0.1, 0.15) is 26.2 Å². The summed E-state index contributed by atoms with van der Waals surface area (Å²) in [6.07, 6.45) is 2.32. The first-order valence-corrected chi connectivity index (χ1v) is 6.16. The van der Waals surface area contributed by atoms with Gasteiger partial charge < -0.3 is 15.5 Å². The average Bonchev–Trinajstić information content (AvgIpc) is 2.35. The Morgan fingerprint density at radius 2 is 2.18 bits per heavy atom. The van der Waals surface area contributed by atoms with E-state index in [4.69, 9.17) is 0 Å². The summed E-state index contributed by atoms with van der Waals surface area (Å²) in [5, 5.41) is 5.82. The second-order valence-corrected chi connectivity index (χ2v) is 4.99. The first-order chi connectivity index (χ1) is 7.99. The van der Waals surface area contributed by atoms with Crippen molar-refractivity contribution >= 4 is 11.8 Å². The zero-order valence-corrected chi connectivity index (χ0v) is 11.0. The van der Waals surface area contributed by atoms with Crippen molar-refractivity contribution in [3.63, 3.8) is 0 Å². The van der Waals surface area contributed by atoms with Gasteiger partial charge in [-0.3, -0.25) is 9.59 Å². The monoisotopic (exact) mass is 241 g/mol. The minimum absolute atomic E-state index is 0.0310. The largest absolute Gasteiger partial charge is 0.359 e. The predicted molar refractivity (Wildman–Crippen MR) is 66.5 cm³/mol. The van der Waals surface area contributed by atoms with E-state index in [2.05, 4.69) is 10.6 Å². The second-order valence-electron chi connectivity index (χ2n) is 4.99. The van der Waals surface area contributed by atoms with Gasteiger partial charge in [0, 0.05) is 33.6 Å². The SMILES string of the molecule is CNC(=O)CCN(C)C(=O)C1(C)CCCNC1. The summed E-state index contributed by atoms with van der Waals surface area (Å²) in [6, 6.07) is 0. The van der Waals surface area contributed by atoms with Gasteiger partial charge in [-0.1, -0.05) is 0 Å². The number of hydrogen-bond acceptors (Lipinski definition) is 3. The van der Waals surface area contributed by atoms with Crippen LogP contribution in [0.4, 0.5) is 0 Å². The lowest BCUT2D eigenvalue weighted by atomic mass is 9.81. The summed E-state index contributed by atoms with van der Waals surface area (Å²) >= 11 is 0. The van der Waals surface area contributed by atoms with Crippen LogP contribution in [-0.2, 0) is 9.59 Å². The van der Waals surface area contributed by atoms with Crippen LogP contribution in [0.5, 0.6) is 0 Å². The molecule has 1 fully saturated rings. The normalized spacial score (nSPS) is 24.2. The molecule has 0 aliphatic carbocycles. The van der Waals surface area contributed by atoms with Crippen molar-refractivity contribution in [1.82, 2.24) is 15.5 Å². The van der Waals surface area contributed by atoms with Crippen LogP contribution in [0, 0.1) is 5.41 Å². The van der Waals surface area contributed by atoms with Crippen LogP contribution in [0.3, 0.4) is 0 Å². The molecule has 0 radical (unpaired) electrons. The van der Waals surface area contributed by atoms with E-state index < -0.39 is 0 Å². The average molecular weight is 241 g/mol. The van der Waals surface area contributed by atoms with Crippen molar-refractivity contribution in [1.29, 1.82) is 0 Å². The summed E-state index contributed by atoms with van der Waals surface area (Å²) < 4.78 is 0. The smallest absolute Gasteiger partial charge is 0.229 e. The number of piperidine rings is 1. The van der Waals surface area contributed by atoms with E-state index >= 15 is 0 Å². The first kappa shape index (κ1) is 14.0. The maximum atomic E-state index is 12.3. The molecular weight excluding hydrogens is 218 g/mol. The highest BCUT2D eigenvalue weighted by molar-refractivity contribution is 5.83. The Bertz CT molecular complexity index is 285. The molecular formula is C12H23N3O2. The van der Waals surface area contributed by atoms with Gasteiger partial charge >= 0.3 is 0 Å².